The molecular formula is C26H26N2O5. The normalized spacial score (nSPS) is 10.6. The van der Waals surface area contributed by atoms with Crippen molar-refractivity contribution in [3.63, 3.8) is 0 Å². The number of hydrogen-bond acceptors (Lipinski definition) is 6. The van der Waals surface area contributed by atoms with Gasteiger partial charge < -0.3 is 28.7 Å². The minimum Gasteiger partial charge on any atom is -0.497 e. The van der Waals surface area contributed by atoms with Gasteiger partial charge in [-0.2, -0.15) is 0 Å². The number of aromatic amines is 1. The van der Waals surface area contributed by atoms with Crippen LogP contribution in [0.15, 0.2) is 60.7 Å². The lowest BCUT2D eigenvalue weighted by Gasteiger charge is -2.14. The molecule has 4 aromatic rings. The van der Waals surface area contributed by atoms with Gasteiger partial charge in [0.15, 0.2) is 11.5 Å². The standard InChI is InChI=1S/C26H26N2O5/c1-29-18-10-6-16(7-11-18)22-23(17-8-12-19(30-2)13-9-17)28-26(27-22)20-14-15-21(31-3)25(33-5)24(20)32-4/h6-15H,1-5H3,(H,27,28). The highest BCUT2D eigenvalue weighted by Gasteiger charge is 2.22. The number of aromatic nitrogens is 2. The van der Waals surface area contributed by atoms with E-state index in [1.807, 2.05) is 60.7 Å². The van der Waals surface area contributed by atoms with Gasteiger partial charge in [-0.05, 0) is 60.7 Å². The van der Waals surface area contributed by atoms with E-state index in [4.69, 9.17) is 28.7 Å². The molecule has 0 saturated carbocycles. The predicted octanol–water partition coefficient (Wildman–Crippen LogP) is 5.45. The molecule has 1 N–H and O–H groups in total. The molecule has 0 radical (unpaired) electrons. The number of imidazole rings is 1. The maximum atomic E-state index is 5.69. The number of methoxy groups -OCH3 is 5. The molecule has 0 aliphatic rings. The van der Waals surface area contributed by atoms with Gasteiger partial charge >= 0.3 is 0 Å². The number of nitrogens with one attached hydrogen (secondary N) is 1. The van der Waals surface area contributed by atoms with Crippen LogP contribution in [0.2, 0.25) is 0 Å². The fourth-order valence-corrected chi connectivity index (χ4v) is 3.71. The summed E-state index contributed by atoms with van der Waals surface area (Å²) in [5.74, 6) is 3.83. The molecule has 0 bridgehead atoms. The molecule has 3 aromatic carbocycles. The van der Waals surface area contributed by atoms with Gasteiger partial charge in [-0.3, -0.25) is 0 Å². The van der Waals surface area contributed by atoms with E-state index in [2.05, 4.69) is 4.98 Å². The van der Waals surface area contributed by atoms with Crippen molar-refractivity contribution in [3.8, 4) is 62.7 Å². The van der Waals surface area contributed by atoms with Gasteiger partial charge in [0.1, 0.15) is 17.3 Å². The van der Waals surface area contributed by atoms with Crippen molar-refractivity contribution in [3.05, 3.63) is 60.7 Å². The molecule has 0 fully saturated rings. The first-order chi connectivity index (χ1) is 16.1. The Morgan fingerprint density at radius 1 is 0.576 bits per heavy atom. The lowest BCUT2D eigenvalue weighted by molar-refractivity contribution is 0.325. The zero-order valence-electron chi connectivity index (χ0n) is 19.3. The van der Waals surface area contributed by atoms with E-state index in [0.717, 1.165) is 39.6 Å². The van der Waals surface area contributed by atoms with Crippen LogP contribution in [-0.4, -0.2) is 45.5 Å². The van der Waals surface area contributed by atoms with Crippen LogP contribution in [0.1, 0.15) is 0 Å². The Hall–Kier alpha value is -4.13. The van der Waals surface area contributed by atoms with E-state index in [9.17, 15) is 0 Å². The van der Waals surface area contributed by atoms with Gasteiger partial charge in [0, 0.05) is 11.1 Å². The van der Waals surface area contributed by atoms with Crippen molar-refractivity contribution in [1.82, 2.24) is 9.97 Å². The summed E-state index contributed by atoms with van der Waals surface area (Å²) in [5, 5.41) is 0. The number of nitrogens with zero attached hydrogens (tertiary/aromatic N) is 1. The van der Waals surface area contributed by atoms with Crippen LogP contribution in [-0.2, 0) is 0 Å². The van der Waals surface area contributed by atoms with Crippen LogP contribution in [0.5, 0.6) is 28.7 Å². The molecule has 1 aromatic heterocycles. The maximum absolute atomic E-state index is 5.69. The van der Waals surface area contributed by atoms with Gasteiger partial charge in [-0.1, -0.05) is 0 Å². The number of rotatable bonds is 8. The molecule has 4 rings (SSSR count). The quantitative estimate of drug-likeness (QED) is 0.388. The third-order valence-corrected chi connectivity index (χ3v) is 5.41. The Morgan fingerprint density at radius 3 is 1.67 bits per heavy atom. The lowest BCUT2D eigenvalue weighted by atomic mass is 10.0. The molecule has 0 amide bonds. The summed E-state index contributed by atoms with van der Waals surface area (Å²) >= 11 is 0. The predicted molar refractivity (Wildman–Crippen MR) is 128 cm³/mol. The van der Waals surface area contributed by atoms with Crippen LogP contribution in [0.25, 0.3) is 33.9 Å². The van der Waals surface area contributed by atoms with Crippen molar-refractivity contribution in [2.75, 3.05) is 35.5 Å². The first kappa shape index (κ1) is 22.1. The number of hydrogen-bond donors (Lipinski definition) is 1. The second-order valence-electron chi connectivity index (χ2n) is 7.15. The van der Waals surface area contributed by atoms with E-state index < -0.39 is 0 Å². The lowest BCUT2D eigenvalue weighted by Crippen LogP contribution is -1.97. The highest BCUT2D eigenvalue weighted by molar-refractivity contribution is 5.83. The van der Waals surface area contributed by atoms with Crippen molar-refractivity contribution in [2.24, 2.45) is 0 Å². The van der Waals surface area contributed by atoms with Gasteiger partial charge in [-0.25, -0.2) is 4.98 Å². The Labute approximate surface area is 192 Å². The second-order valence-corrected chi connectivity index (χ2v) is 7.15. The molecule has 0 spiro atoms. The van der Waals surface area contributed by atoms with E-state index in [-0.39, 0.29) is 0 Å². The molecule has 7 heteroatoms. The van der Waals surface area contributed by atoms with E-state index in [0.29, 0.717) is 23.1 Å². The average Bonchev–Trinajstić information content (AvgIpc) is 3.33. The highest BCUT2D eigenvalue weighted by Crippen LogP contribution is 2.45. The van der Waals surface area contributed by atoms with E-state index >= 15 is 0 Å². The fraction of sp³-hybridized carbons (Fsp3) is 0.192. The van der Waals surface area contributed by atoms with E-state index in [1.54, 1.807) is 35.5 Å². The molecular weight excluding hydrogens is 420 g/mol. The maximum Gasteiger partial charge on any atom is 0.204 e. The number of benzene rings is 3. The molecule has 33 heavy (non-hydrogen) atoms. The Balaban J connectivity index is 1.91. The van der Waals surface area contributed by atoms with Crippen LogP contribution in [0.3, 0.4) is 0 Å². The van der Waals surface area contributed by atoms with Crippen molar-refractivity contribution in [1.29, 1.82) is 0 Å². The summed E-state index contributed by atoms with van der Waals surface area (Å²) in [7, 11) is 8.06. The highest BCUT2D eigenvalue weighted by atomic mass is 16.5. The molecule has 0 aliphatic carbocycles. The largest absolute Gasteiger partial charge is 0.497 e. The minimum atomic E-state index is 0.505. The van der Waals surface area contributed by atoms with Crippen molar-refractivity contribution >= 4 is 0 Å². The van der Waals surface area contributed by atoms with Gasteiger partial charge in [0.2, 0.25) is 5.75 Å². The molecule has 170 valence electrons. The molecule has 0 unspecified atom stereocenters. The minimum absolute atomic E-state index is 0.505. The molecule has 0 aliphatic heterocycles. The van der Waals surface area contributed by atoms with Crippen LogP contribution in [0.4, 0.5) is 0 Å². The second kappa shape index (κ2) is 9.56. The summed E-state index contributed by atoms with van der Waals surface area (Å²) in [6.45, 7) is 0. The first-order valence-corrected chi connectivity index (χ1v) is 10.3. The third-order valence-electron chi connectivity index (χ3n) is 5.41. The Bertz CT molecular complexity index is 1170. The third kappa shape index (κ3) is 4.17. The topological polar surface area (TPSA) is 74.8 Å². The van der Waals surface area contributed by atoms with Crippen LogP contribution >= 0.6 is 0 Å². The summed E-state index contributed by atoms with van der Waals surface area (Å²) in [4.78, 5) is 8.44. The zero-order valence-corrected chi connectivity index (χ0v) is 19.3. The molecule has 1 heterocycles. The Kier molecular flexibility index (Phi) is 6.40. The van der Waals surface area contributed by atoms with Crippen LogP contribution in [0, 0.1) is 0 Å². The smallest absolute Gasteiger partial charge is 0.204 e. The molecule has 7 nitrogen and oxygen atoms in total. The summed E-state index contributed by atoms with van der Waals surface area (Å²) in [5.41, 5.74) is 4.34. The van der Waals surface area contributed by atoms with Gasteiger partial charge in [-0.15, -0.1) is 0 Å². The SMILES string of the molecule is COc1ccc(-c2nc(-c3ccc(OC)c(OC)c3OC)[nH]c2-c2ccc(OC)cc2)cc1. The van der Waals surface area contributed by atoms with Crippen molar-refractivity contribution < 1.29 is 23.7 Å². The summed E-state index contributed by atoms with van der Waals surface area (Å²) in [6.07, 6.45) is 0. The first-order valence-electron chi connectivity index (χ1n) is 10.3. The monoisotopic (exact) mass is 446 g/mol. The van der Waals surface area contributed by atoms with E-state index in [1.165, 1.54) is 0 Å². The average molecular weight is 447 g/mol. The Morgan fingerprint density at radius 2 is 1.15 bits per heavy atom. The van der Waals surface area contributed by atoms with Crippen LogP contribution < -0.4 is 23.7 Å². The number of H-pyrrole nitrogens is 1. The van der Waals surface area contributed by atoms with Gasteiger partial charge in [0.25, 0.3) is 0 Å². The van der Waals surface area contributed by atoms with Gasteiger partial charge in [0.05, 0.1) is 52.5 Å². The van der Waals surface area contributed by atoms with Crippen molar-refractivity contribution in [2.45, 2.75) is 0 Å². The summed E-state index contributed by atoms with van der Waals surface area (Å²) < 4.78 is 27.3. The molecule has 0 saturated heterocycles. The molecule has 0 atom stereocenters. The fourth-order valence-electron chi connectivity index (χ4n) is 3.71. The summed E-state index contributed by atoms with van der Waals surface area (Å²) in [6, 6.07) is 19.4. The number of ether oxygens (including phenoxy) is 5. The zero-order chi connectivity index (χ0) is 23.4.